The lowest BCUT2D eigenvalue weighted by molar-refractivity contribution is 0.0982. The van der Waals surface area contributed by atoms with Gasteiger partial charge in [0.25, 0.3) is 0 Å². The second-order valence-electron chi connectivity index (χ2n) is 6.90. The molecule has 0 spiro atoms. The molecule has 0 saturated carbocycles. The van der Waals surface area contributed by atoms with Crippen LogP contribution in [0.4, 0.5) is 0 Å². The lowest BCUT2D eigenvalue weighted by Gasteiger charge is -2.15. The molecule has 0 aliphatic heterocycles. The molecule has 7 heteroatoms. The zero-order chi connectivity index (χ0) is 21.3. The highest BCUT2D eigenvalue weighted by Crippen LogP contribution is 2.34. The Morgan fingerprint density at radius 3 is 2.37 bits per heavy atom. The number of fused-ring (bicyclic) bond motifs is 1. The summed E-state index contributed by atoms with van der Waals surface area (Å²) in [5.41, 5.74) is 5.20. The first kappa shape index (κ1) is 19.7. The molecule has 0 saturated heterocycles. The van der Waals surface area contributed by atoms with Gasteiger partial charge in [0, 0.05) is 36.9 Å². The Labute approximate surface area is 174 Å². The minimum Gasteiger partial charge on any atom is -0.496 e. The van der Waals surface area contributed by atoms with E-state index in [9.17, 15) is 4.79 Å². The number of aryl methyl sites for hydroxylation is 1. The van der Waals surface area contributed by atoms with E-state index in [0.717, 1.165) is 34.4 Å². The Balaban J connectivity index is 1.80. The zero-order valence-corrected chi connectivity index (χ0v) is 17.5. The molecular formula is C23H24N4O3. The molecule has 7 nitrogen and oxygen atoms in total. The number of rotatable bonds is 7. The summed E-state index contributed by atoms with van der Waals surface area (Å²) in [6.45, 7) is 4.71. The van der Waals surface area contributed by atoms with Crippen molar-refractivity contribution in [2.75, 3.05) is 14.2 Å². The van der Waals surface area contributed by atoms with Crippen molar-refractivity contribution in [1.29, 1.82) is 0 Å². The number of methoxy groups -OCH3 is 2. The van der Waals surface area contributed by atoms with Gasteiger partial charge in [-0.15, -0.1) is 0 Å². The topological polar surface area (TPSA) is 71.2 Å². The second-order valence-corrected chi connectivity index (χ2v) is 6.90. The van der Waals surface area contributed by atoms with E-state index in [-0.39, 0.29) is 5.78 Å². The van der Waals surface area contributed by atoms with E-state index in [2.05, 4.69) is 23.1 Å². The van der Waals surface area contributed by atoms with Gasteiger partial charge in [-0.2, -0.15) is 5.10 Å². The fourth-order valence-corrected chi connectivity index (χ4v) is 3.57. The van der Waals surface area contributed by atoms with Gasteiger partial charge in [0.2, 0.25) is 0 Å². The average Bonchev–Trinajstić information content (AvgIpc) is 3.44. The number of hydrogen-bond acceptors (Lipinski definition) is 5. The van der Waals surface area contributed by atoms with Gasteiger partial charge in [0.05, 0.1) is 37.1 Å². The Kier molecular flexibility index (Phi) is 5.27. The van der Waals surface area contributed by atoms with Crippen LogP contribution in [0.5, 0.6) is 11.5 Å². The number of Topliss-reactive ketones (excluding diaryl/α,β-unsaturated/α-hetero) is 1. The lowest BCUT2D eigenvalue weighted by Crippen LogP contribution is -2.06. The third-order valence-corrected chi connectivity index (χ3v) is 5.21. The molecule has 0 aliphatic rings. The largest absolute Gasteiger partial charge is 0.496 e. The molecule has 0 fully saturated rings. The molecule has 2 aromatic heterocycles. The van der Waals surface area contributed by atoms with Crippen molar-refractivity contribution in [2.45, 2.75) is 26.8 Å². The van der Waals surface area contributed by atoms with Crippen molar-refractivity contribution in [1.82, 2.24) is 19.3 Å². The summed E-state index contributed by atoms with van der Waals surface area (Å²) in [5.74, 6) is 0.950. The molecule has 0 aliphatic carbocycles. The summed E-state index contributed by atoms with van der Waals surface area (Å²) in [5, 5.41) is 4.35. The summed E-state index contributed by atoms with van der Waals surface area (Å²) in [7, 11) is 3.11. The van der Waals surface area contributed by atoms with Crippen molar-refractivity contribution in [3.05, 3.63) is 54.6 Å². The van der Waals surface area contributed by atoms with Crippen LogP contribution in [-0.4, -0.2) is 39.3 Å². The summed E-state index contributed by atoms with van der Waals surface area (Å²) in [4.78, 5) is 17.0. The van der Waals surface area contributed by atoms with Crippen LogP contribution in [0.2, 0.25) is 0 Å². The number of carbonyl (C=O) groups is 1. The molecule has 0 atom stereocenters. The van der Waals surface area contributed by atoms with Crippen molar-refractivity contribution in [3.8, 4) is 28.3 Å². The van der Waals surface area contributed by atoms with Crippen LogP contribution in [0.3, 0.4) is 0 Å². The summed E-state index contributed by atoms with van der Waals surface area (Å²) < 4.78 is 14.9. The Morgan fingerprint density at radius 2 is 1.77 bits per heavy atom. The van der Waals surface area contributed by atoms with Gasteiger partial charge < -0.3 is 9.47 Å². The fourth-order valence-electron chi connectivity index (χ4n) is 3.57. The summed E-state index contributed by atoms with van der Waals surface area (Å²) >= 11 is 0. The van der Waals surface area contributed by atoms with Gasteiger partial charge in [0.1, 0.15) is 23.4 Å². The number of imidazole rings is 1. The molecule has 0 bridgehead atoms. The van der Waals surface area contributed by atoms with E-state index in [1.54, 1.807) is 20.5 Å². The van der Waals surface area contributed by atoms with E-state index < -0.39 is 0 Å². The van der Waals surface area contributed by atoms with E-state index in [0.29, 0.717) is 23.5 Å². The first-order chi connectivity index (χ1) is 14.6. The predicted molar refractivity (Wildman–Crippen MR) is 116 cm³/mol. The van der Waals surface area contributed by atoms with Crippen molar-refractivity contribution >= 4 is 16.8 Å². The number of aromatic nitrogens is 4. The van der Waals surface area contributed by atoms with Crippen molar-refractivity contribution in [3.63, 3.8) is 0 Å². The third kappa shape index (κ3) is 3.32. The monoisotopic (exact) mass is 404 g/mol. The number of ether oxygens (including phenoxy) is 2. The highest BCUT2D eigenvalue weighted by molar-refractivity contribution is 6.01. The molecule has 2 aromatic carbocycles. The number of hydrogen-bond donors (Lipinski definition) is 0. The minimum absolute atomic E-state index is 0.0250. The van der Waals surface area contributed by atoms with Crippen LogP contribution in [0.15, 0.2) is 49.1 Å². The highest BCUT2D eigenvalue weighted by Gasteiger charge is 2.20. The third-order valence-electron chi connectivity index (χ3n) is 5.21. The number of ketones is 1. The number of carbonyl (C=O) groups excluding carboxylic acids is 1. The molecule has 2 heterocycles. The maximum absolute atomic E-state index is 12.4. The standard InChI is InChI=1S/C23H24N4O3/c1-5-20(28)23-21(29-3)10-17(11-22(23)30-4)27-14-24-18-9-15(7-8-19(18)27)16-12-25-26(6-2)13-16/h7-14H,5-6H2,1-4H3. The van der Waals surface area contributed by atoms with Gasteiger partial charge in [-0.1, -0.05) is 13.0 Å². The number of nitrogens with zero attached hydrogens (tertiary/aromatic N) is 4. The van der Waals surface area contributed by atoms with Crippen LogP contribution < -0.4 is 9.47 Å². The van der Waals surface area contributed by atoms with Gasteiger partial charge in [-0.05, 0) is 24.6 Å². The van der Waals surface area contributed by atoms with Crippen LogP contribution in [-0.2, 0) is 6.54 Å². The maximum Gasteiger partial charge on any atom is 0.170 e. The van der Waals surface area contributed by atoms with Gasteiger partial charge in [-0.25, -0.2) is 4.98 Å². The van der Waals surface area contributed by atoms with Crippen LogP contribution in [0.1, 0.15) is 30.6 Å². The SMILES string of the molecule is CCC(=O)c1c(OC)cc(-n2cnc3cc(-c4cnn(CC)c4)ccc32)cc1OC. The summed E-state index contributed by atoms with van der Waals surface area (Å²) in [6.07, 6.45) is 6.02. The maximum atomic E-state index is 12.4. The molecule has 0 radical (unpaired) electrons. The molecule has 0 amide bonds. The summed E-state index contributed by atoms with van der Waals surface area (Å²) in [6, 6.07) is 9.82. The number of benzene rings is 2. The van der Waals surface area contributed by atoms with E-state index in [4.69, 9.17) is 9.47 Å². The van der Waals surface area contributed by atoms with E-state index in [1.807, 2.05) is 52.8 Å². The molecule has 0 N–H and O–H groups in total. The molecule has 0 unspecified atom stereocenters. The van der Waals surface area contributed by atoms with Crippen LogP contribution in [0, 0.1) is 0 Å². The lowest BCUT2D eigenvalue weighted by atomic mass is 10.0. The van der Waals surface area contributed by atoms with Crippen LogP contribution >= 0.6 is 0 Å². The van der Waals surface area contributed by atoms with E-state index >= 15 is 0 Å². The van der Waals surface area contributed by atoms with Crippen molar-refractivity contribution < 1.29 is 14.3 Å². The first-order valence-corrected chi connectivity index (χ1v) is 9.89. The average molecular weight is 404 g/mol. The highest BCUT2D eigenvalue weighted by atomic mass is 16.5. The zero-order valence-electron chi connectivity index (χ0n) is 17.5. The first-order valence-electron chi connectivity index (χ1n) is 9.89. The minimum atomic E-state index is -0.0250. The molecular weight excluding hydrogens is 380 g/mol. The normalized spacial score (nSPS) is 11.1. The van der Waals surface area contributed by atoms with Gasteiger partial charge >= 0.3 is 0 Å². The molecule has 4 rings (SSSR count). The Bertz CT molecular complexity index is 1200. The van der Waals surface area contributed by atoms with Gasteiger partial charge in [-0.3, -0.25) is 14.0 Å². The Hall–Kier alpha value is -3.61. The van der Waals surface area contributed by atoms with Gasteiger partial charge in [0.15, 0.2) is 5.78 Å². The van der Waals surface area contributed by atoms with Crippen molar-refractivity contribution in [2.24, 2.45) is 0 Å². The molecule has 4 aromatic rings. The fraction of sp³-hybridized carbons (Fsp3) is 0.261. The molecule has 30 heavy (non-hydrogen) atoms. The second kappa shape index (κ2) is 8.02. The quantitative estimate of drug-likeness (QED) is 0.424. The smallest absolute Gasteiger partial charge is 0.170 e. The predicted octanol–water partition coefficient (Wildman–Crippen LogP) is 4.52. The van der Waals surface area contributed by atoms with Crippen LogP contribution in [0.25, 0.3) is 27.8 Å². The molecule has 154 valence electrons. The Morgan fingerprint density at radius 1 is 1.03 bits per heavy atom. The van der Waals surface area contributed by atoms with E-state index in [1.165, 1.54) is 0 Å².